The number of aromatic hydroxyl groups is 1. The van der Waals surface area contributed by atoms with E-state index in [2.05, 4.69) is 105 Å². The zero-order chi connectivity index (χ0) is 103. The van der Waals surface area contributed by atoms with Crippen molar-refractivity contribution in [3.8, 4) is 201 Å². The molecule has 0 spiro atoms. The monoisotopic (exact) mass is 2080 g/mol. The molecule has 0 atom stereocenters. The van der Waals surface area contributed by atoms with Crippen molar-refractivity contribution in [1.82, 2.24) is 57.6 Å². The Kier molecular flexibility index (Phi) is 29.1. The van der Waals surface area contributed by atoms with Gasteiger partial charge < -0.3 is 89.8 Å². The fraction of sp³-hybridized carbons (Fsp3) is 0.229. The SMILES string of the molecule is COc1cc2c(cc1O)-c1c(-c3cccs3)ncn1CC2.COc1cc2c(cc1Oc1ccccc1)-c1c(-c3cccs3)nc(C(=O)N(C)C(C)(C)C)n1CC2.COc1cc2c(cc1Oc1ccccc1)-c1c(-c3cccs3)ncn1CC2.COc1cccc(Oc2cc3c(cc2OC)CCn2c(C(=O)N(C)C(C)(C)C)nc(-c4cccs4)c2-3)c1.COc1cccc(Oc2cc3c(cc2OC)CCn2cnc(-c4cccs4)c2-3)c1. The maximum absolute atomic E-state index is 13.6. The Morgan fingerprint density at radius 1 is 0.295 bits per heavy atom. The molecule has 1 N–H and O–H groups in total. The quantitative estimate of drug-likeness (QED) is 0.0662. The van der Waals surface area contributed by atoms with E-state index in [4.69, 9.17) is 72.0 Å². The number of methoxy groups -OCH3 is 7. The van der Waals surface area contributed by atoms with Crippen LogP contribution in [0.25, 0.3) is 109 Å². The van der Waals surface area contributed by atoms with Crippen LogP contribution in [0.2, 0.25) is 0 Å². The molecule has 0 aliphatic carbocycles. The lowest BCUT2D eigenvalue weighted by molar-refractivity contribution is 0.0629. The molecule has 19 aromatic rings. The molecule has 5 aliphatic heterocycles. The molecule has 0 unspecified atom stereocenters. The number of amides is 2. The van der Waals surface area contributed by atoms with Crippen LogP contribution in [-0.4, -0.2) is 149 Å². The Morgan fingerprint density at radius 2 is 0.570 bits per heavy atom. The van der Waals surface area contributed by atoms with Crippen molar-refractivity contribution >= 4 is 68.5 Å². The zero-order valence-corrected chi connectivity index (χ0v) is 89.4. The predicted octanol–water partition coefficient (Wildman–Crippen LogP) is 27.8. The van der Waals surface area contributed by atoms with Gasteiger partial charge in [-0.3, -0.25) is 9.59 Å². The van der Waals surface area contributed by atoms with Gasteiger partial charge in [0.25, 0.3) is 11.8 Å². The fourth-order valence-electron chi connectivity index (χ4n) is 18.9. The molecule has 0 saturated carbocycles. The number of aryl methyl sites for hydroxylation is 8. The molecule has 149 heavy (non-hydrogen) atoms. The summed E-state index contributed by atoms with van der Waals surface area (Å²) in [5.41, 5.74) is 20.5. The number of phenolic OH excluding ortho intramolecular Hbond substituents is 1. The van der Waals surface area contributed by atoms with E-state index < -0.39 is 0 Å². The summed E-state index contributed by atoms with van der Waals surface area (Å²) in [5, 5.41) is 20.4. The van der Waals surface area contributed by atoms with Gasteiger partial charge in [-0.05, 0) is 268 Å². The summed E-state index contributed by atoms with van der Waals surface area (Å²) in [5.74, 6) is 11.2. The number of rotatable bonds is 22. The third-order valence-corrected chi connectivity index (χ3v) is 31.4. The van der Waals surface area contributed by atoms with E-state index in [1.54, 1.807) is 122 Å². The minimum atomic E-state index is -0.329. The lowest BCUT2D eigenvalue weighted by Gasteiger charge is -2.32. The second-order valence-electron chi connectivity index (χ2n) is 37.9. The van der Waals surface area contributed by atoms with Crippen LogP contribution < -0.4 is 52.1 Å². The van der Waals surface area contributed by atoms with Gasteiger partial charge in [0, 0.05) is 97.8 Å². The van der Waals surface area contributed by atoms with Crippen LogP contribution in [0.1, 0.15) is 90.6 Å². The topological polar surface area (TPSA) is 251 Å². The van der Waals surface area contributed by atoms with Gasteiger partial charge in [0.15, 0.2) is 69.1 Å². The first kappa shape index (κ1) is 100. The van der Waals surface area contributed by atoms with Gasteiger partial charge >= 0.3 is 0 Å². The molecule has 758 valence electrons. The van der Waals surface area contributed by atoms with Crippen molar-refractivity contribution in [2.24, 2.45) is 0 Å². The van der Waals surface area contributed by atoms with Gasteiger partial charge in [-0.2, -0.15) is 0 Å². The molecule has 0 radical (unpaired) electrons. The first-order valence-corrected chi connectivity index (χ1v) is 53.2. The average molecular weight is 2080 g/mol. The molecule has 31 heteroatoms. The highest BCUT2D eigenvalue weighted by atomic mass is 32.1. The molecule has 0 saturated heterocycles. The van der Waals surface area contributed by atoms with Gasteiger partial charge in [0.05, 0.1) is 122 Å². The van der Waals surface area contributed by atoms with Gasteiger partial charge in [-0.15, -0.1) is 56.7 Å². The summed E-state index contributed by atoms with van der Waals surface area (Å²) in [6, 6.07) is 75.2. The van der Waals surface area contributed by atoms with Crippen LogP contribution in [0.4, 0.5) is 0 Å². The molecule has 0 fully saturated rings. The van der Waals surface area contributed by atoms with E-state index in [-0.39, 0.29) is 28.6 Å². The van der Waals surface area contributed by atoms with Crippen molar-refractivity contribution in [2.75, 3.05) is 63.9 Å². The van der Waals surface area contributed by atoms with Gasteiger partial charge in [0.2, 0.25) is 0 Å². The smallest absolute Gasteiger partial charge is 0.290 e. The number of nitrogens with zero attached hydrogens (tertiary/aromatic N) is 12. The second-order valence-corrected chi connectivity index (χ2v) is 42.6. The van der Waals surface area contributed by atoms with Crippen molar-refractivity contribution in [1.29, 1.82) is 0 Å². The van der Waals surface area contributed by atoms with Crippen LogP contribution in [-0.2, 0) is 64.8 Å². The number of fused-ring (bicyclic) bond motifs is 15. The molecule has 24 rings (SSSR count). The van der Waals surface area contributed by atoms with E-state index in [0.717, 1.165) is 196 Å². The molecule has 15 heterocycles. The molecular weight excluding hydrogens is 1970 g/mol. The lowest BCUT2D eigenvalue weighted by atomic mass is 9.95. The number of ether oxygens (including phenoxy) is 11. The molecule has 9 aromatic carbocycles. The van der Waals surface area contributed by atoms with Crippen LogP contribution >= 0.6 is 56.7 Å². The van der Waals surface area contributed by atoms with Gasteiger partial charge in [-0.25, -0.2) is 24.9 Å². The maximum Gasteiger partial charge on any atom is 0.290 e. The molecule has 10 aromatic heterocycles. The summed E-state index contributed by atoms with van der Waals surface area (Å²) in [7, 11) is 15.2. The third-order valence-electron chi connectivity index (χ3n) is 27.0. The number of imidazole rings is 5. The van der Waals surface area contributed by atoms with Crippen LogP contribution in [0, 0.1) is 0 Å². The molecule has 5 aliphatic rings. The Hall–Kier alpha value is -15.9. The van der Waals surface area contributed by atoms with Crippen LogP contribution in [0.3, 0.4) is 0 Å². The number of hydrogen-bond acceptors (Lipinski definition) is 24. The van der Waals surface area contributed by atoms with Gasteiger partial charge in [0.1, 0.15) is 63.0 Å². The first-order chi connectivity index (χ1) is 72.3. The summed E-state index contributed by atoms with van der Waals surface area (Å²) < 4.78 is 74.1. The Morgan fingerprint density at radius 3 is 0.866 bits per heavy atom. The Balaban J connectivity index is 0.000000114. The molecule has 0 bridgehead atoms. The zero-order valence-electron chi connectivity index (χ0n) is 85.3. The highest BCUT2D eigenvalue weighted by Crippen LogP contribution is 2.53. The fourth-order valence-corrected chi connectivity index (χ4v) is 22.4. The largest absolute Gasteiger partial charge is 0.504 e. The van der Waals surface area contributed by atoms with Crippen molar-refractivity contribution in [3.05, 3.63) is 316 Å². The second kappa shape index (κ2) is 43.2. The Labute approximate surface area is 884 Å². The number of aromatic nitrogens is 10. The number of benzene rings is 9. The molecule has 26 nitrogen and oxygen atoms in total. The molecule has 2 amide bonds. The van der Waals surface area contributed by atoms with Crippen molar-refractivity contribution < 1.29 is 66.8 Å². The van der Waals surface area contributed by atoms with E-state index in [1.807, 2.05) is 249 Å². The van der Waals surface area contributed by atoms with Crippen molar-refractivity contribution in [2.45, 2.75) is 117 Å². The number of hydrogen-bond donors (Lipinski definition) is 1. The highest BCUT2D eigenvalue weighted by molar-refractivity contribution is 7.14. The lowest BCUT2D eigenvalue weighted by Crippen LogP contribution is -2.43. The van der Waals surface area contributed by atoms with Crippen LogP contribution in [0.5, 0.6) is 92.0 Å². The summed E-state index contributed by atoms with van der Waals surface area (Å²) in [6.45, 7) is 16.2. The van der Waals surface area contributed by atoms with E-state index in [1.165, 1.54) is 21.6 Å². The number of carbonyl (C=O) groups excluding carboxylic acids is 2. The number of thiophene rings is 5. The van der Waals surface area contributed by atoms with Gasteiger partial charge in [-0.1, -0.05) is 78.9 Å². The minimum Gasteiger partial charge on any atom is -0.504 e. The van der Waals surface area contributed by atoms with E-state index in [9.17, 15) is 14.7 Å². The number of carbonyl (C=O) groups is 2. The van der Waals surface area contributed by atoms with E-state index in [0.29, 0.717) is 82.2 Å². The predicted molar refractivity (Wildman–Crippen MR) is 591 cm³/mol. The average Bonchev–Trinajstić information content (AvgIpc) is 1.64. The Bertz CT molecular complexity index is 8030. The van der Waals surface area contributed by atoms with E-state index >= 15 is 0 Å². The van der Waals surface area contributed by atoms with Crippen molar-refractivity contribution in [3.63, 3.8) is 0 Å². The van der Waals surface area contributed by atoms with Crippen LogP contribution in [0.15, 0.2) is 276 Å². The summed E-state index contributed by atoms with van der Waals surface area (Å²) in [4.78, 5) is 60.1. The minimum absolute atomic E-state index is 0.0840. The maximum atomic E-state index is 13.6. The number of phenols is 1. The third kappa shape index (κ3) is 20.6. The normalized spacial score (nSPS) is 12.5. The summed E-state index contributed by atoms with van der Waals surface area (Å²) in [6.07, 6.45) is 10.1. The molecular formula is C118H112N12O14S5. The summed E-state index contributed by atoms with van der Waals surface area (Å²) >= 11 is 8.32. The number of para-hydroxylation sites is 2. The first-order valence-electron chi connectivity index (χ1n) is 48.8. The highest BCUT2D eigenvalue weighted by Gasteiger charge is 2.38. The standard InChI is InChI=1S/C29H31N3O4S.C28H29N3O3S.C23H20N2O3S.C22H18N2O2S.C16H14N2O2S/c1-29(2,3)31(4)28(33)27-30-25(24-11-8-14-37-24)26-21-17-23(36-20-10-7-9-19(16-20)34-5)22(35-6)15-18(21)12-13-32(26)27;1-28(2,3)30(4)27(32)26-29-24(23-12-9-15-35-23)25-20-17-22(34-19-10-7-6-8-11-19)21(33-5)16-18(20)13-14-31(25)26;1-26-16-5-3-6-17(12-16)28-20-13-18-15(11-19(20)27-2)8-9-25-14-24-22(23(18)25)21-7-4-10-29-21;1-25-18-12-15-9-10-24-14-23-21(20-8-5-11-27-20)22(24)17(15)13-19(18)26-16-6-3-2-4-7-16;1-20-13-7-10-4-5-18-9-17-15(14-3-2-6-21-14)16(18)11(10)8-12(13)19/h7-11,14-17H,12-13H2,1-6H3;6-12,15-17H,13-14H2,1-5H3;3-7,10-14H,8-9H2,1-2H3;2-8,11-14H,9-10H2,1H3;2-3,6-9,19H,4-5H2,1H3.